The number of nitrogens with one attached hydrogen (secondary N) is 2. The molecular formula is C29H25N3O3. The first-order valence-corrected chi connectivity index (χ1v) is 11.4. The van der Waals surface area contributed by atoms with Gasteiger partial charge in [0.25, 0.3) is 0 Å². The first kappa shape index (κ1) is 22.4. The topological polar surface area (TPSA) is 98.2 Å². The van der Waals surface area contributed by atoms with E-state index in [0.717, 1.165) is 33.3 Å². The summed E-state index contributed by atoms with van der Waals surface area (Å²) in [5.41, 5.74) is 5.67. The molecule has 2 heterocycles. The summed E-state index contributed by atoms with van der Waals surface area (Å²) < 4.78 is 0. The highest BCUT2D eigenvalue weighted by atomic mass is 16.3. The Morgan fingerprint density at radius 3 is 2.54 bits per heavy atom. The fraction of sp³-hybridized carbons (Fsp3) is 0.103. The Hall–Kier alpha value is -4.42. The number of amides is 1. The number of aliphatic hydroxyl groups is 1. The lowest BCUT2D eigenvalue weighted by Crippen LogP contribution is -2.30. The number of para-hydroxylation sites is 1. The van der Waals surface area contributed by atoms with Crippen LogP contribution < -0.4 is 5.32 Å². The number of pyridine rings is 1. The molecule has 1 unspecified atom stereocenters. The maximum absolute atomic E-state index is 12.7. The number of H-pyrrole nitrogens is 1. The zero-order valence-corrected chi connectivity index (χ0v) is 19.0. The van der Waals surface area contributed by atoms with Crippen molar-refractivity contribution in [1.29, 1.82) is 0 Å². The Morgan fingerprint density at radius 1 is 0.943 bits per heavy atom. The van der Waals surface area contributed by atoms with Gasteiger partial charge in [-0.3, -0.25) is 9.78 Å². The molecule has 0 aliphatic heterocycles. The summed E-state index contributed by atoms with van der Waals surface area (Å²) in [5.74, 6) is -0.675. The number of nitrogens with zero attached hydrogens (tertiary/aromatic N) is 1. The van der Waals surface area contributed by atoms with Gasteiger partial charge in [-0.05, 0) is 41.0 Å². The zero-order chi connectivity index (χ0) is 24.2. The van der Waals surface area contributed by atoms with Crippen LogP contribution in [0.1, 0.15) is 17.0 Å². The van der Waals surface area contributed by atoms with E-state index in [2.05, 4.69) is 15.3 Å². The fourth-order valence-corrected chi connectivity index (χ4v) is 4.30. The third kappa shape index (κ3) is 4.65. The number of hydrogen-bond donors (Lipinski definition) is 4. The van der Waals surface area contributed by atoms with Crippen molar-refractivity contribution in [3.05, 3.63) is 108 Å². The van der Waals surface area contributed by atoms with Crippen LogP contribution in [0.25, 0.3) is 33.3 Å². The van der Waals surface area contributed by atoms with Crippen LogP contribution in [0.5, 0.6) is 5.75 Å². The van der Waals surface area contributed by atoms with Gasteiger partial charge in [-0.15, -0.1) is 0 Å². The third-order valence-electron chi connectivity index (χ3n) is 6.15. The van der Waals surface area contributed by atoms with Crippen LogP contribution >= 0.6 is 0 Å². The molecule has 35 heavy (non-hydrogen) atoms. The highest BCUT2D eigenvalue weighted by Gasteiger charge is 2.19. The molecule has 6 heteroatoms. The molecule has 5 rings (SSSR count). The van der Waals surface area contributed by atoms with Gasteiger partial charge >= 0.3 is 0 Å². The molecule has 0 saturated heterocycles. The summed E-state index contributed by atoms with van der Waals surface area (Å²) in [6, 6.07) is 26.5. The normalized spacial score (nSPS) is 11.9. The van der Waals surface area contributed by atoms with Crippen molar-refractivity contribution in [2.45, 2.75) is 12.5 Å². The van der Waals surface area contributed by atoms with Crippen LogP contribution in [-0.2, 0) is 11.3 Å². The fourth-order valence-electron chi connectivity index (χ4n) is 4.30. The van der Waals surface area contributed by atoms with E-state index in [4.69, 9.17) is 0 Å². The Kier molecular flexibility index (Phi) is 6.28. The molecule has 0 fully saturated rings. The monoisotopic (exact) mass is 463 g/mol. The third-order valence-corrected chi connectivity index (χ3v) is 6.15. The number of rotatable bonds is 7. The largest absolute Gasteiger partial charge is 0.507 e. The van der Waals surface area contributed by atoms with Gasteiger partial charge in [-0.25, -0.2) is 0 Å². The van der Waals surface area contributed by atoms with E-state index in [9.17, 15) is 15.0 Å². The molecule has 0 aliphatic carbocycles. The van der Waals surface area contributed by atoms with E-state index >= 15 is 0 Å². The number of aromatic nitrogens is 2. The van der Waals surface area contributed by atoms with Crippen LogP contribution in [0, 0.1) is 0 Å². The second-order valence-electron chi connectivity index (χ2n) is 8.41. The molecule has 1 atom stereocenters. The zero-order valence-electron chi connectivity index (χ0n) is 19.0. The highest BCUT2D eigenvalue weighted by Crippen LogP contribution is 2.38. The van der Waals surface area contributed by atoms with E-state index < -0.39 is 5.92 Å². The quantitative estimate of drug-likeness (QED) is 0.273. The maximum Gasteiger partial charge on any atom is 0.230 e. The van der Waals surface area contributed by atoms with Crippen LogP contribution in [0.3, 0.4) is 0 Å². The maximum atomic E-state index is 12.7. The Balaban J connectivity index is 1.37. The highest BCUT2D eigenvalue weighted by molar-refractivity contribution is 5.89. The number of fused-ring (bicyclic) bond motifs is 1. The molecule has 0 radical (unpaired) electrons. The molecule has 5 aromatic rings. The average molecular weight is 464 g/mol. The van der Waals surface area contributed by atoms with Gasteiger partial charge in [0.15, 0.2) is 0 Å². The van der Waals surface area contributed by atoms with E-state index in [1.54, 1.807) is 12.4 Å². The second-order valence-corrected chi connectivity index (χ2v) is 8.41. The number of carbonyl (C=O) groups is 1. The smallest absolute Gasteiger partial charge is 0.230 e. The van der Waals surface area contributed by atoms with Crippen molar-refractivity contribution in [3.8, 4) is 28.1 Å². The van der Waals surface area contributed by atoms with Gasteiger partial charge in [-0.2, -0.15) is 0 Å². The second kappa shape index (κ2) is 9.83. The first-order valence-electron chi connectivity index (χ1n) is 11.4. The average Bonchev–Trinajstić information content (AvgIpc) is 3.33. The number of aromatic hydroxyl groups is 1. The van der Waals surface area contributed by atoms with Crippen molar-refractivity contribution < 1.29 is 15.0 Å². The molecule has 0 bridgehead atoms. The Morgan fingerprint density at radius 2 is 1.74 bits per heavy atom. The summed E-state index contributed by atoms with van der Waals surface area (Å²) in [7, 11) is 0. The van der Waals surface area contributed by atoms with Crippen LogP contribution in [0.4, 0.5) is 0 Å². The van der Waals surface area contributed by atoms with E-state index in [1.165, 1.54) is 0 Å². The Bertz CT molecular complexity index is 1440. The predicted molar refractivity (Wildman–Crippen MR) is 137 cm³/mol. The number of aromatic amines is 1. The van der Waals surface area contributed by atoms with E-state index in [0.29, 0.717) is 17.7 Å². The predicted octanol–water partition coefficient (Wildman–Crippen LogP) is 4.99. The van der Waals surface area contributed by atoms with Crippen LogP contribution in [-0.4, -0.2) is 32.7 Å². The van der Waals surface area contributed by atoms with Crippen molar-refractivity contribution in [2.75, 3.05) is 6.61 Å². The molecule has 2 aromatic heterocycles. The molecule has 174 valence electrons. The van der Waals surface area contributed by atoms with Gasteiger partial charge in [0, 0.05) is 41.0 Å². The van der Waals surface area contributed by atoms with Gasteiger partial charge in [-0.1, -0.05) is 60.7 Å². The standard InChI is InChI=1S/C29H25N3O3/c33-18-25(20-7-2-1-3-8-20)29(35)31-16-19-6-4-9-21(14-19)23-10-5-11-24(28(23)34)27-15-22-17-30-13-12-26(22)32-27/h1-15,17,25,32-34H,16,18H2,(H,31,35). The first-order chi connectivity index (χ1) is 17.1. The summed E-state index contributed by atoms with van der Waals surface area (Å²) in [5, 5.41) is 24.8. The Labute approximate surface area is 202 Å². The number of aliphatic hydroxyl groups excluding tert-OH is 1. The van der Waals surface area contributed by atoms with Crippen molar-refractivity contribution in [2.24, 2.45) is 0 Å². The lowest BCUT2D eigenvalue weighted by Gasteiger charge is -2.15. The molecule has 1 amide bonds. The number of phenols is 1. The minimum absolute atomic E-state index is 0.178. The SMILES string of the molecule is O=C(NCc1cccc(-c2cccc(-c3cc4cnccc4[nH]3)c2O)c1)C(CO)c1ccccc1. The van der Waals surface area contributed by atoms with Gasteiger partial charge < -0.3 is 20.5 Å². The molecule has 0 saturated carbocycles. The van der Waals surface area contributed by atoms with Crippen LogP contribution in [0.15, 0.2) is 97.3 Å². The lowest BCUT2D eigenvalue weighted by molar-refractivity contribution is -0.123. The molecule has 0 spiro atoms. The van der Waals surface area contributed by atoms with Crippen molar-refractivity contribution in [3.63, 3.8) is 0 Å². The minimum atomic E-state index is -0.619. The van der Waals surface area contributed by atoms with Gasteiger partial charge in [0.1, 0.15) is 5.75 Å². The van der Waals surface area contributed by atoms with Gasteiger partial charge in [0.05, 0.1) is 18.2 Å². The summed E-state index contributed by atoms with van der Waals surface area (Å²) >= 11 is 0. The molecule has 3 aromatic carbocycles. The summed E-state index contributed by atoms with van der Waals surface area (Å²) in [6.07, 6.45) is 3.51. The molecular weight excluding hydrogens is 438 g/mol. The van der Waals surface area contributed by atoms with Crippen molar-refractivity contribution in [1.82, 2.24) is 15.3 Å². The minimum Gasteiger partial charge on any atom is -0.507 e. The van der Waals surface area contributed by atoms with Crippen molar-refractivity contribution >= 4 is 16.8 Å². The van der Waals surface area contributed by atoms with Crippen LogP contribution in [0.2, 0.25) is 0 Å². The number of phenolic OH excluding ortho intramolecular Hbond substituents is 1. The molecule has 4 N–H and O–H groups in total. The van der Waals surface area contributed by atoms with Gasteiger partial charge in [0.2, 0.25) is 5.91 Å². The van der Waals surface area contributed by atoms with E-state index in [-0.39, 0.29) is 18.3 Å². The van der Waals surface area contributed by atoms with E-state index in [1.807, 2.05) is 84.9 Å². The molecule has 6 nitrogen and oxygen atoms in total. The number of carbonyl (C=O) groups excluding carboxylic acids is 1. The molecule has 0 aliphatic rings. The number of benzene rings is 3. The number of hydrogen-bond acceptors (Lipinski definition) is 4. The lowest BCUT2D eigenvalue weighted by atomic mass is 9.97. The summed E-state index contributed by atoms with van der Waals surface area (Å²) in [6.45, 7) is 0.0475. The summed E-state index contributed by atoms with van der Waals surface area (Å²) in [4.78, 5) is 20.2.